The third-order valence-electron chi connectivity index (χ3n) is 8.05. The first-order valence-corrected chi connectivity index (χ1v) is 13.1. The number of benzene rings is 1. The Kier molecular flexibility index (Phi) is 9.12. The Morgan fingerprint density at radius 1 is 1.09 bits per heavy atom. The van der Waals surface area contributed by atoms with Crippen LogP contribution in [0.5, 0.6) is 5.75 Å². The van der Waals surface area contributed by atoms with Crippen molar-refractivity contribution in [2.24, 2.45) is 17.8 Å². The second-order valence-electron chi connectivity index (χ2n) is 10.6. The third-order valence-corrected chi connectivity index (χ3v) is 8.05. The van der Waals surface area contributed by atoms with Crippen LogP contribution < -0.4 is 4.74 Å². The standard InChI is InChI=1S/C30H41F3O/c1-7-9-22-12-14-23(15-13-22)25-17-24-16-20(5)29(34-30(24)28(33)27(25)32)26(31)21(6)19(4)11-10-18(3)8-2/h17-19,22-23H,5-16H2,1-4H3/b29-26-. The fourth-order valence-electron chi connectivity index (χ4n) is 5.35. The van der Waals surface area contributed by atoms with Gasteiger partial charge in [0, 0.05) is 12.0 Å². The maximum absolute atomic E-state index is 15.4. The molecule has 34 heavy (non-hydrogen) atoms. The Balaban J connectivity index is 1.81. The Labute approximate surface area is 204 Å². The summed E-state index contributed by atoms with van der Waals surface area (Å²) in [6, 6.07) is 1.72. The lowest BCUT2D eigenvalue weighted by Gasteiger charge is -2.30. The van der Waals surface area contributed by atoms with E-state index in [2.05, 4.69) is 33.9 Å². The number of fused-ring (bicyclic) bond motifs is 1. The molecule has 3 rings (SSSR count). The van der Waals surface area contributed by atoms with E-state index in [1.165, 1.54) is 6.42 Å². The summed E-state index contributed by atoms with van der Waals surface area (Å²) in [5.41, 5.74) is 1.73. The van der Waals surface area contributed by atoms with Crippen molar-refractivity contribution >= 4 is 0 Å². The van der Waals surface area contributed by atoms with Crippen LogP contribution in [0.2, 0.25) is 0 Å². The molecule has 0 radical (unpaired) electrons. The minimum absolute atomic E-state index is 0.0148. The summed E-state index contributed by atoms with van der Waals surface area (Å²) in [6.45, 7) is 16.4. The topological polar surface area (TPSA) is 9.23 Å². The highest BCUT2D eigenvalue weighted by Gasteiger charge is 2.32. The molecule has 2 unspecified atom stereocenters. The second kappa shape index (κ2) is 11.6. The number of hydrogen-bond donors (Lipinski definition) is 0. The molecule has 1 nitrogen and oxygen atoms in total. The summed E-state index contributed by atoms with van der Waals surface area (Å²) in [4.78, 5) is 0. The normalized spacial score (nSPS) is 23.7. The lowest BCUT2D eigenvalue weighted by molar-refractivity contribution is 0.300. The molecule has 1 saturated carbocycles. The van der Waals surface area contributed by atoms with Gasteiger partial charge in [-0.15, -0.1) is 0 Å². The first-order valence-electron chi connectivity index (χ1n) is 13.1. The minimum atomic E-state index is -1.02. The van der Waals surface area contributed by atoms with Gasteiger partial charge in [-0.3, -0.25) is 0 Å². The number of hydrogen-bond acceptors (Lipinski definition) is 1. The van der Waals surface area contributed by atoms with Crippen molar-refractivity contribution in [3.8, 4) is 5.75 Å². The lowest BCUT2D eigenvalue weighted by atomic mass is 9.76. The number of allylic oxidation sites excluding steroid dienone is 3. The molecule has 0 N–H and O–H groups in total. The third kappa shape index (κ3) is 5.80. The second-order valence-corrected chi connectivity index (χ2v) is 10.6. The quantitative estimate of drug-likeness (QED) is 0.346. The van der Waals surface area contributed by atoms with Gasteiger partial charge in [0.2, 0.25) is 5.82 Å². The fourth-order valence-corrected chi connectivity index (χ4v) is 5.35. The summed E-state index contributed by atoms with van der Waals surface area (Å²) in [5.74, 6) is -1.62. The van der Waals surface area contributed by atoms with Crippen LogP contribution in [-0.4, -0.2) is 0 Å². The zero-order valence-electron chi connectivity index (χ0n) is 21.4. The van der Waals surface area contributed by atoms with Gasteiger partial charge in [0.1, 0.15) is 0 Å². The van der Waals surface area contributed by atoms with Crippen LogP contribution in [0.25, 0.3) is 0 Å². The predicted molar refractivity (Wildman–Crippen MR) is 135 cm³/mol. The van der Waals surface area contributed by atoms with E-state index >= 15 is 13.2 Å². The Morgan fingerprint density at radius 3 is 2.38 bits per heavy atom. The molecule has 0 amide bonds. The lowest BCUT2D eigenvalue weighted by Crippen LogP contribution is -2.18. The van der Waals surface area contributed by atoms with Gasteiger partial charge < -0.3 is 4.74 Å². The smallest absolute Gasteiger partial charge is 0.201 e. The maximum atomic E-state index is 15.4. The molecule has 0 aromatic heterocycles. The van der Waals surface area contributed by atoms with Gasteiger partial charge in [0.25, 0.3) is 0 Å². The van der Waals surface area contributed by atoms with Crippen molar-refractivity contribution in [2.45, 2.75) is 97.8 Å². The summed E-state index contributed by atoms with van der Waals surface area (Å²) >= 11 is 0. The van der Waals surface area contributed by atoms with E-state index in [9.17, 15) is 0 Å². The van der Waals surface area contributed by atoms with Crippen LogP contribution in [0.3, 0.4) is 0 Å². The van der Waals surface area contributed by atoms with Crippen LogP contribution in [0, 0.1) is 29.4 Å². The maximum Gasteiger partial charge on any atom is 0.201 e. The van der Waals surface area contributed by atoms with Gasteiger partial charge in [0.05, 0.1) is 0 Å². The van der Waals surface area contributed by atoms with Gasteiger partial charge in [0.15, 0.2) is 23.2 Å². The SMILES string of the molecule is C=C1Cc2cc(C3CCC(CCC)CC3)c(F)c(F)c2O/C1=C(\F)C(=C)C(C)CCC(C)CC. The monoisotopic (exact) mass is 474 g/mol. The molecule has 0 saturated heterocycles. The molecule has 1 aromatic carbocycles. The molecule has 1 aromatic rings. The molecule has 0 bridgehead atoms. The van der Waals surface area contributed by atoms with Gasteiger partial charge in [-0.05, 0) is 78.6 Å². The van der Waals surface area contributed by atoms with E-state index in [0.717, 1.165) is 51.4 Å². The van der Waals surface area contributed by atoms with E-state index in [-0.39, 0.29) is 29.8 Å². The molecule has 1 aliphatic heterocycles. The molecule has 2 aliphatic rings. The molecule has 2 atom stereocenters. The van der Waals surface area contributed by atoms with Crippen molar-refractivity contribution in [3.63, 3.8) is 0 Å². The number of halogens is 3. The van der Waals surface area contributed by atoms with Gasteiger partial charge in [-0.25, -0.2) is 8.78 Å². The largest absolute Gasteiger partial charge is 0.450 e. The highest BCUT2D eigenvalue weighted by molar-refractivity contribution is 5.52. The summed E-state index contributed by atoms with van der Waals surface area (Å²) in [7, 11) is 0. The summed E-state index contributed by atoms with van der Waals surface area (Å²) in [6.07, 6.45) is 9.30. The molecular weight excluding hydrogens is 433 g/mol. The van der Waals surface area contributed by atoms with Crippen molar-refractivity contribution in [2.75, 3.05) is 0 Å². The van der Waals surface area contributed by atoms with E-state index in [1.54, 1.807) is 6.07 Å². The fraction of sp³-hybridized carbons (Fsp3) is 0.600. The van der Waals surface area contributed by atoms with Crippen LogP contribution in [-0.2, 0) is 6.42 Å². The Bertz CT molecular complexity index is 937. The average molecular weight is 475 g/mol. The molecule has 4 heteroatoms. The van der Waals surface area contributed by atoms with E-state index in [4.69, 9.17) is 4.74 Å². The molecule has 1 aliphatic carbocycles. The van der Waals surface area contributed by atoms with Crippen molar-refractivity contribution in [3.05, 3.63) is 64.7 Å². The van der Waals surface area contributed by atoms with Crippen LogP contribution in [0.4, 0.5) is 13.2 Å². The van der Waals surface area contributed by atoms with Gasteiger partial charge >= 0.3 is 0 Å². The first kappa shape index (κ1) is 26.6. The zero-order valence-corrected chi connectivity index (χ0v) is 21.4. The van der Waals surface area contributed by atoms with Crippen molar-refractivity contribution < 1.29 is 17.9 Å². The number of rotatable bonds is 9. The van der Waals surface area contributed by atoms with Crippen LogP contribution >= 0.6 is 0 Å². The molecule has 0 spiro atoms. The molecular formula is C30H41F3O. The predicted octanol–water partition coefficient (Wildman–Crippen LogP) is 9.73. The summed E-state index contributed by atoms with van der Waals surface area (Å²) < 4.78 is 51.3. The molecule has 1 heterocycles. The zero-order chi connectivity index (χ0) is 25.0. The summed E-state index contributed by atoms with van der Waals surface area (Å²) in [5, 5.41) is 0. The Hall–Kier alpha value is -1.97. The van der Waals surface area contributed by atoms with Crippen LogP contribution in [0.1, 0.15) is 103 Å². The minimum Gasteiger partial charge on any atom is -0.450 e. The van der Waals surface area contributed by atoms with E-state index in [1.807, 2.05) is 6.92 Å². The van der Waals surface area contributed by atoms with Gasteiger partial charge in [-0.2, -0.15) is 4.39 Å². The first-order chi connectivity index (χ1) is 16.2. The van der Waals surface area contributed by atoms with Gasteiger partial charge in [-0.1, -0.05) is 66.5 Å². The van der Waals surface area contributed by atoms with E-state index in [0.29, 0.717) is 34.1 Å². The van der Waals surface area contributed by atoms with Crippen LogP contribution in [0.15, 0.2) is 42.0 Å². The average Bonchev–Trinajstić information content (AvgIpc) is 2.84. The number of ether oxygens (including phenoxy) is 1. The Morgan fingerprint density at radius 2 is 1.76 bits per heavy atom. The highest BCUT2D eigenvalue weighted by Crippen LogP contribution is 2.44. The molecule has 1 fully saturated rings. The van der Waals surface area contributed by atoms with Crippen molar-refractivity contribution in [1.82, 2.24) is 0 Å². The molecule has 188 valence electrons. The van der Waals surface area contributed by atoms with E-state index < -0.39 is 17.5 Å². The highest BCUT2D eigenvalue weighted by atomic mass is 19.2. The van der Waals surface area contributed by atoms with Crippen molar-refractivity contribution in [1.29, 1.82) is 0 Å².